The van der Waals surface area contributed by atoms with Gasteiger partial charge in [0.1, 0.15) is 0 Å². The average Bonchev–Trinajstić information content (AvgIpc) is 2.37. The van der Waals surface area contributed by atoms with Gasteiger partial charge in [-0.3, -0.25) is 0 Å². The van der Waals surface area contributed by atoms with Crippen molar-refractivity contribution in [3.63, 3.8) is 0 Å². The van der Waals surface area contributed by atoms with Crippen LogP contribution in [-0.2, 0) is 4.79 Å². The summed E-state index contributed by atoms with van der Waals surface area (Å²) in [5, 5.41) is 0. The Balaban J connectivity index is 2.40. The molecule has 66 valence electrons. The second-order valence-electron chi connectivity index (χ2n) is 3.25. The Bertz CT molecular complexity index is 219. The molecule has 0 N–H and O–H groups in total. The zero-order valence-corrected chi connectivity index (χ0v) is 7.42. The highest BCUT2D eigenvalue weighted by Crippen LogP contribution is 2.20. The molecule has 1 rings (SSSR count). The second-order valence-corrected chi connectivity index (χ2v) is 3.25. The third kappa shape index (κ3) is 2.29. The maximum Gasteiger partial charge on any atom is 0.240 e. The first-order valence-electron chi connectivity index (χ1n) is 4.20. The van der Waals surface area contributed by atoms with E-state index in [4.69, 9.17) is 0 Å². The number of isocyanates is 1. The summed E-state index contributed by atoms with van der Waals surface area (Å²) >= 11 is 0. The Kier molecular flexibility index (Phi) is 3.20. The van der Waals surface area contributed by atoms with Gasteiger partial charge in [-0.2, -0.15) is 4.99 Å². The Morgan fingerprint density at radius 2 is 2.58 bits per heavy atom. The van der Waals surface area contributed by atoms with E-state index in [1.54, 1.807) is 0 Å². The summed E-state index contributed by atoms with van der Waals surface area (Å²) in [6, 6.07) is 0.523. The lowest BCUT2D eigenvalue weighted by molar-refractivity contribution is 0.308. The maximum absolute atomic E-state index is 9.90. The molecule has 0 aromatic heterocycles. The fourth-order valence-corrected chi connectivity index (χ4v) is 1.62. The van der Waals surface area contributed by atoms with Gasteiger partial charge in [0.15, 0.2) is 0 Å². The summed E-state index contributed by atoms with van der Waals surface area (Å²) in [7, 11) is 2.09. The number of likely N-dealkylation sites (tertiary alicyclic amines) is 1. The molecule has 1 saturated heterocycles. The Morgan fingerprint density at radius 3 is 3.08 bits per heavy atom. The van der Waals surface area contributed by atoms with Crippen LogP contribution >= 0.6 is 0 Å². The highest BCUT2D eigenvalue weighted by Gasteiger charge is 2.20. The standard InChI is InChI=1S/C9H14N2O/c1-8(10-7-12)6-9-4-3-5-11(9)2/h9H,1,3-6H2,2H3. The van der Waals surface area contributed by atoms with Crippen LogP contribution in [0.3, 0.4) is 0 Å². The van der Waals surface area contributed by atoms with Crippen molar-refractivity contribution in [2.24, 2.45) is 4.99 Å². The van der Waals surface area contributed by atoms with Crippen molar-refractivity contribution >= 4 is 6.08 Å². The highest BCUT2D eigenvalue weighted by atomic mass is 16.1. The van der Waals surface area contributed by atoms with Gasteiger partial charge < -0.3 is 4.90 Å². The Hall–Kier alpha value is -0.920. The van der Waals surface area contributed by atoms with Gasteiger partial charge in [0.25, 0.3) is 0 Å². The summed E-state index contributed by atoms with van der Waals surface area (Å²) in [6.45, 7) is 4.83. The number of carbonyl (C=O) groups excluding carboxylic acids is 1. The molecule has 1 atom stereocenters. The molecule has 0 spiro atoms. The van der Waals surface area contributed by atoms with Gasteiger partial charge in [-0.15, -0.1) is 0 Å². The maximum atomic E-state index is 9.90. The molecule has 0 aromatic carbocycles. The molecule has 3 nitrogen and oxygen atoms in total. The fraction of sp³-hybridized carbons (Fsp3) is 0.667. The molecule has 0 bridgehead atoms. The molecule has 1 unspecified atom stereocenters. The van der Waals surface area contributed by atoms with Crippen LogP contribution in [-0.4, -0.2) is 30.6 Å². The van der Waals surface area contributed by atoms with Gasteiger partial charge in [-0.25, -0.2) is 4.79 Å². The normalized spacial score (nSPS) is 23.6. The minimum atomic E-state index is 0.523. The number of aliphatic imine (C=N–C) groups is 1. The van der Waals surface area contributed by atoms with Crippen molar-refractivity contribution in [1.29, 1.82) is 0 Å². The lowest BCUT2D eigenvalue weighted by atomic mass is 10.1. The van der Waals surface area contributed by atoms with E-state index in [1.165, 1.54) is 18.9 Å². The van der Waals surface area contributed by atoms with E-state index < -0.39 is 0 Å². The summed E-state index contributed by atoms with van der Waals surface area (Å²) in [5.74, 6) is 0. The Labute approximate surface area is 72.8 Å². The van der Waals surface area contributed by atoms with Crippen molar-refractivity contribution in [1.82, 2.24) is 4.90 Å². The van der Waals surface area contributed by atoms with E-state index in [-0.39, 0.29) is 0 Å². The Morgan fingerprint density at radius 1 is 1.83 bits per heavy atom. The van der Waals surface area contributed by atoms with Gasteiger partial charge in [0.2, 0.25) is 6.08 Å². The summed E-state index contributed by atoms with van der Waals surface area (Å²) in [4.78, 5) is 15.7. The molecule has 3 heteroatoms. The van der Waals surface area contributed by atoms with Gasteiger partial charge in [-0.1, -0.05) is 6.58 Å². The average molecular weight is 166 g/mol. The largest absolute Gasteiger partial charge is 0.303 e. The van der Waals surface area contributed by atoms with E-state index in [2.05, 4.69) is 23.5 Å². The van der Waals surface area contributed by atoms with Crippen LogP contribution in [0.2, 0.25) is 0 Å². The van der Waals surface area contributed by atoms with Crippen molar-refractivity contribution in [3.05, 3.63) is 12.3 Å². The monoisotopic (exact) mass is 166 g/mol. The molecule has 0 amide bonds. The molecular formula is C9H14N2O. The van der Waals surface area contributed by atoms with Crippen molar-refractivity contribution < 1.29 is 4.79 Å². The summed E-state index contributed by atoms with van der Waals surface area (Å²) < 4.78 is 0. The predicted molar refractivity (Wildman–Crippen MR) is 47.5 cm³/mol. The van der Waals surface area contributed by atoms with E-state index in [0.29, 0.717) is 11.7 Å². The molecule has 0 aromatic rings. The molecule has 1 aliphatic heterocycles. The molecule has 0 aliphatic carbocycles. The molecule has 1 heterocycles. The van der Waals surface area contributed by atoms with Crippen molar-refractivity contribution in [2.75, 3.05) is 13.6 Å². The van der Waals surface area contributed by atoms with Crippen LogP contribution in [0.1, 0.15) is 19.3 Å². The van der Waals surface area contributed by atoms with Gasteiger partial charge in [0.05, 0.1) is 0 Å². The zero-order chi connectivity index (χ0) is 8.97. The third-order valence-electron chi connectivity index (χ3n) is 2.35. The molecular weight excluding hydrogens is 152 g/mol. The minimum Gasteiger partial charge on any atom is -0.303 e. The molecule has 0 radical (unpaired) electrons. The van der Waals surface area contributed by atoms with Gasteiger partial charge in [-0.05, 0) is 26.4 Å². The fourth-order valence-electron chi connectivity index (χ4n) is 1.62. The van der Waals surface area contributed by atoms with Crippen LogP contribution in [0.5, 0.6) is 0 Å². The SMILES string of the molecule is C=C(CC1CCCN1C)N=C=O. The number of rotatable bonds is 3. The number of nitrogens with zero attached hydrogens (tertiary/aromatic N) is 2. The van der Waals surface area contributed by atoms with Gasteiger partial charge in [0, 0.05) is 18.2 Å². The molecule has 1 aliphatic rings. The van der Waals surface area contributed by atoms with E-state index in [1.807, 2.05) is 0 Å². The zero-order valence-electron chi connectivity index (χ0n) is 7.42. The van der Waals surface area contributed by atoms with Crippen molar-refractivity contribution in [2.45, 2.75) is 25.3 Å². The van der Waals surface area contributed by atoms with Crippen LogP contribution in [0.4, 0.5) is 0 Å². The molecule has 12 heavy (non-hydrogen) atoms. The van der Waals surface area contributed by atoms with Crippen LogP contribution in [0, 0.1) is 0 Å². The van der Waals surface area contributed by atoms with Crippen molar-refractivity contribution in [3.8, 4) is 0 Å². The smallest absolute Gasteiger partial charge is 0.240 e. The molecule has 0 saturated carbocycles. The first-order chi connectivity index (χ1) is 5.74. The van der Waals surface area contributed by atoms with E-state index >= 15 is 0 Å². The van der Waals surface area contributed by atoms with Crippen LogP contribution in [0.25, 0.3) is 0 Å². The van der Waals surface area contributed by atoms with E-state index in [9.17, 15) is 4.79 Å². The topological polar surface area (TPSA) is 32.7 Å². The minimum absolute atomic E-state index is 0.523. The number of hydrogen-bond donors (Lipinski definition) is 0. The second kappa shape index (κ2) is 4.19. The predicted octanol–water partition coefficient (Wildman–Crippen LogP) is 1.32. The number of hydrogen-bond acceptors (Lipinski definition) is 3. The first kappa shape index (κ1) is 9.17. The van der Waals surface area contributed by atoms with Gasteiger partial charge >= 0.3 is 0 Å². The first-order valence-corrected chi connectivity index (χ1v) is 4.20. The van der Waals surface area contributed by atoms with Crippen LogP contribution in [0.15, 0.2) is 17.3 Å². The van der Waals surface area contributed by atoms with Crippen LogP contribution < -0.4 is 0 Å². The summed E-state index contributed by atoms with van der Waals surface area (Å²) in [5.41, 5.74) is 0.642. The third-order valence-corrected chi connectivity index (χ3v) is 2.35. The van der Waals surface area contributed by atoms with E-state index in [0.717, 1.165) is 13.0 Å². The lowest BCUT2D eigenvalue weighted by Gasteiger charge is -2.18. The quantitative estimate of drug-likeness (QED) is 0.468. The lowest BCUT2D eigenvalue weighted by Crippen LogP contribution is -2.24. The molecule has 1 fully saturated rings. The highest BCUT2D eigenvalue weighted by molar-refractivity contribution is 5.36. The summed E-state index contributed by atoms with van der Waals surface area (Å²) in [6.07, 6.45) is 4.73.